The molecule has 0 radical (unpaired) electrons. The molecule has 2 aromatic carbocycles. The molecule has 0 fully saturated rings. The molecule has 0 aliphatic heterocycles. The van der Waals surface area contributed by atoms with E-state index in [1.807, 2.05) is 28.8 Å². The van der Waals surface area contributed by atoms with Crippen molar-refractivity contribution >= 4 is 29.5 Å². The molecule has 4 rings (SSSR count). The molecule has 2 heterocycles. The van der Waals surface area contributed by atoms with Crippen LogP contribution in [0.2, 0.25) is 0 Å². The van der Waals surface area contributed by atoms with Crippen LogP contribution in [0.15, 0.2) is 42.6 Å². The van der Waals surface area contributed by atoms with Gasteiger partial charge < -0.3 is 13.6 Å². The van der Waals surface area contributed by atoms with Gasteiger partial charge in [-0.1, -0.05) is 24.3 Å². The molecule has 6 nitrogen and oxygen atoms in total. The Morgan fingerprint density at radius 1 is 0.969 bits per heavy atom. The highest BCUT2D eigenvalue weighted by atomic mass is 31.2. The Balaban J connectivity index is 1.69. The maximum atomic E-state index is 14.0. The molecule has 2 aromatic heterocycles. The minimum Gasteiger partial charge on any atom is -0.333 e. The molecule has 0 unspecified atom stereocenters. The molecule has 0 saturated carbocycles. The van der Waals surface area contributed by atoms with E-state index in [-0.39, 0.29) is 6.16 Å². The molecule has 0 bridgehead atoms. The van der Waals surface area contributed by atoms with E-state index < -0.39 is 19.2 Å². The summed E-state index contributed by atoms with van der Waals surface area (Å²) in [6.07, 6.45) is 1.85. The molecular weight excluding hydrogens is 435 g/mol. The molecule has 9 heteroatoms. The Morgan fingerprint density at radius 3 is 2.25 bits per heavy atom. The largest absolute Gasteiger partial charge is 0.335 e. The van der Waals surface area contributed by atoms with Gasteiger partial charge in [0.05, 0.1) is 42.1 Å². The van der Waals surface area contributed by atoms with Gasteiger partial charge in [0.2, 0.25) is 0 Å². The van der Waals surface area contributed by atoms with Crippen molar-refractivity contribution in [3.05, 3.63) is 71.2 Å². The first-order valence-electron chi connectivity index (χ1n) is 10.4. The molecule has 0 atom stereocenters. The first-order valence-corrected chi connectivity index (χ1v) is 12.1. The van der Waals surface area contributed by atoms with E-state index in [0.29, 0.717) is 47.5 Å². The minimum atomic E-state index is -3.19. The van der Waals surface area contributed by atoms with E-state index in [0.717, 1.165) is 11.1 Å². The van der Waals surface area contributed by atoms with E-state index >= 15 is 0 Å². The second-order valence-corrected chi connectivity index (χ2v) is 9.50. The summed E-state index contributed by atoms with van der Waals surface area (Å²) in [6.45, 7) is 6.33. The van der Waals surface area contributed by atoms with Crippen molar-refractivity contribution < 1.29 is 22.4 Å². The van der Waals surface area contributed by atoms with Gasteiger partial charge in [-0.15, -0.1) is 0 Å². The fourth-order valence-corrected chi connectivity index (χ4v) is 5.49. The van der Waals surface area contributed by atoms with Crippen LogP contribution in [0.3, 0.4) is 0 Å². The Morgan fingerprint density at radius 2 is 1.59 bits per heavy atom. The number of hydrogen-bond donors (Lipinski definition) is 0. The summed E-state index contributed by atoms with van der Waals surface area (Å²) in [5, 5.41) is 0.537. The zero-order valence-corrected chi connectivity index (χ0v) is 19.0. The monoisotopic (exact) mass is 459 g/mol. The molecule has 0 N–H and O–H groups in total. The molecule has 32 heavy (non-hydrogen) atoms. The smallest absolute Gasteiger partial charge is 0.333 e. The number of fused-ring (bicyclic) bond motifs is 3. The topological polar surface area (TPSA) is 66.2 Å². The summed E-state index contributed by atoms with van der Waals surface area (Å²) in [4.78, 5) is 8.71. The second-order valence-electron chi connectivity index (χ2n) is 7.44. The van der Waals surface area contributed by atoms with Crippen molar-refractivity contribution in [3.63, 3.8) is 0 Å². The van der Waals surface area contributed by atoms with Crippen LogP contribution in [0.4, 0.5) is 8.78 Å². The highest BCUT2D eigenvalue weighted by Crippen LogP contribution is 2.51. The zero-order valence-electron chi connectivity index (χ0n) is 18.1. The van der Waals surface area contributed by atoms with Crippen LogP contribution in [-0.2, 0) is 26.3 Å². The quantitative estimate of drug-likeness (QED) is 0.303. The average molecular weight is 459 g/mol. The fourth-order valence-electron chi connectivity index (χ4n) is 3.79. The van der Waals surface area contributed by atoms with E-state index in [2.05, 4.69) is 9.97 Å². The average Bonchev–Trinajstić information content (AvgIpc) is 3.02. The third-order valence-electron chi connectivity index (χ3n) is 5.16. The van der Waals surface area contributed by atoms with Crippen molar-refractivity contribution in [3.8, 4) is 0 Å². The Kier molecular flexibility index (Phi) is 6.38. The summed E-state index contributed by atoms with van der Waals surface area (Å²) in [7, 11) is -3.19. The summed E-state index contributed by atoms with van der Waals surface area (Å²) in [6, 6.07) is 9.92. The minimum absolute atomic E-state index is 0.182. The van der Waals surface area contributed by atoms with Gasteiger partial charge in [-0.3, -0.25) is 4.57 Å². The molecule has 0 saturated heterocycles. The lowest BCUT2D eigenvalue weighted by Gasteiger charge is -2.17. The lowest BCUT2D eigenvalue weighted by molar-refractivity contribution is 0.219. The normalized spacial score (nSPS) is 12.2. The zero-order chi connectivity index (χ0) is 22.9. The van der Waals surface area contributed by atoms with E-state index in [1.165, 1.54) is 12.1 Å². The van der Waals surface area contributed by atoms with Gasteiger partial charge in [0, 0.05) is 18.0 Å². The third kappa shape index (κ3) is 4.44. The third-order valence-corrected chi connectivity index (χ3v) is 7.21. The van der Waals surface area contributed by atoms with Gasteiger partial charge >= 0.3 is 7.60 Å². The van der Waals surface area contributed by atoms with Crippen LogP contribution < -0.4 is 0 Å². The lowest BCUT2D eigenvalue weighted by atomic mass is 10.1. The van der Waals surface area contributed by atoms with Crippen LogP contribution >= 0.6 is 7.60 Å². The summed E-state index contributed by atoms with van der Waals surface area (Å²) >= 11 is 0. The van der Waals surface area contributed by atoms with Crippen LogP contribution in [0, 0.1) is 18.6 Å². The first kappa shape index (κ1) is 22.5. The number of aromatic nitrogens is 3. The van der Waals surface area contributed by atoms with Crippen LogP contribution in [0.25, 0.3) is 21.9 Å². The Labute approximate surface area is 184 Å². The number of aryl methyl sites for hydroxylation is 1. The highest BCUT2D eigenvalue weighted by molar-refractivity contribution is 7.53. The molecule has 0 aliphatic carbocycles. The summed E-state index contributed by atoms with van der Waals surface area (Å²) in [5.41, 5.74) is 3.57. The van der Waals surface area contributed by atoms with E-state index in [1.54, 1.807) is 27.0 Å². The number of hydrogen-bond acceptors (Lipinski definition) is 5. The van der Waals surface area contributed by atoms with Gasteiger partial charge in [-0.2, -0.15) is 0 Å². The Bertz CT molecular complexity index is 1310. The standard InChI is InChI=1S/C23H24F2N3O3P/c1-4-30-32(29,31-5-2)14-17-8-6-16(7-9-17)13-28-21-11-20(25)19(24)10-18(21)23-22(28)12-26-15(3)27-23/h6-12H,4-5,13-14H2,1-3H3. The number of benzene rings is 2. The predicted molar refractivity (Wildman–Crippen MR) is 120 cm³/mol. The van der Waals surface area contributed by atoms with Crippen LogP contribution in [-0.4, -0.2) is 27.7 Å². The fraction of sp³-hybridized carbons (Fsp3) is 0.304. The molecule has 168 valence electrons. The van der Waals surface area contributed by atoms with Gasteiger partial charge in [0.15, 0.2) is 11.6 Å². The number of rotatable bonds is 8. The SMILES string of the molecule is CCOP(=O)(Cc1ccc(Cn2c3cc(F)c(F)cc3c3nc(C)ncc32)cc1)OCC. The van der Waals surface area contributed by atoms with Crippen molar-refractivity contribution in [2.75, 3.05) is 13.2 Å². The number of nitrogens with zero attached hydrogens (tertiary/aromatic N) is 3. The summed E-state index contributed by atoms with van der Waals surface area (Å²) in [5.74, 6) is -1.27. The maximum absolute atomic E-state index is 14.0. The van der Waals surface area contributed by atoms with Gasteiger partial charge in [-0.05, 0) is 38.0 Å². The van der Waals surface area contributed by atoms with Crippen molar-refractivity contribution in [2.24, 2.45) is 0 Å². The van der Waals surface area contributed by atoms with E-state index in [4.69, 9.17) is 9.05 Å². The lowest BCUT2D eigenvalue weighted by Crippen LogP contribution is -2.02. The molecule has 0 spiro atoms. The van der Waals surface area contributed by atoms with Crippen molar-refractivity contribution in [1.29, 1.82) is 0 Å². The summed E-state index contributed by atoms with van der Waals surface area (Å²) < 4.78 is 53.3. The van der Waals surface area contributed by atoms with Gasteiger partial charge in [0.25, 0.3) is 0 Å². The van der Waals surface area contributed by atoms with Crippen molar-refractivity contribution in [2.45, 2.75) is 33.5 Å². The molecule has 0 aliphatic rings. The highest BCUT2D eigenvalue weighted by Gasteiger charge is 2.24. The second kappa shape index (κ2) is 9.06. The van der Waals surface area contributed by atoms with Crippen molar-refractivity contribution in [1.82, 2.24) is 14.5 Å². The van der Waals surface area contributed by atoms with E-state index in [9.17, 15) is 13.3 Å². The molecule has 4 aromatic rings. The number of halogens is 2. The van der Waals surface area contributed by atoms with Crippen LogP contribution in [0.1, 0.15) is 30.8 Å². The first-order chi connectivity index (χ1) is 15.3. The maximum Gasteiger partial charge on any atom is 0.335 e. The van der Waals surface area contributed by atoms with Gasteiger partial charge in [-0.25, -0.2) is 18.7 Å². The molecule has 0 amide bonds. The Hall–Kier alpha value is -2.67. The predicted octanol–water partition coefficient (Wildman–Crippen LogP) is 5.99. The molecular formula is C23H24F2N3O3P. The van der Waals surface area contributed by atoms with Crippen LogP contribution in [0.5, 0.6) is 0 Å². The van der Waals surface area contributed by atoms with Gasteiger partial charge in [0.1, 0.15) is 5.82 Å².